The van der Waals surface area contributed by atoms with Gasteiger partial charge in [-0.3, -0.25) is 4.72 Å². The third-order valence-electron chi connectivity index (χ3n) is 2.41. The van der Waals surface area contributed by atoms with Crippen molar-refractivity contribution >= 4 is 38.1 Å². The van der Waals surface area contributed by atoms with E-state index in [1.165, 1.54) is 35.6 Å². The minimum atomic E-state index is -3.66. The molecule has 108 valence electrons. The topological polar surface area (TPSA) is 72.0 Å². The maximum atomic E-state index is 12.2. The maximum Gasteiger partial charge on any atom is 0.263 e. The van der Waals surface area contributed by atoms with Crippen LogP contribution in [-0.4, -0.2) is 18.6 Å². The average molecular weight is 332 g/mol. The van der Waals surface area contributed by atoms with Gasteiger partial charge in [-0.25, -0.2) is 8.42 Å². The lowest BCUT2D eigenvalue weighted by atomic mass is 9.98. The fourth-order valence-corrected chi connectivity index (χ4v) is 3.51. The molecule has 1 heterocycles. The van der Waals surface area contributed by atoms with Gasteiger partial charge in [0.2, 0.25) is 5.13 Å². The first-order valence-electron chi connectivity index (χ1n) is 5.81. The summed E-state index contributed by atoms with van der Waals surface area (Å²) in [4.78, 5) is 0.134. The molecule has 5 nitrogen and oxygen atoms in total. The van der Waals surface area contributed by atoms with Crippen LogP contribution in [0.15, 0.2) is 29.2 Å². The summed E-state index contributed by atoms with van der Waals surface area (Å²) in [5.74, 6) is 0. The number of halogens is 1. The van der Waals surface area contributed by atoms with Crippen LogP contribution in [0, 0.1) is 0 Å². The van der Waals surface area contributed by atoms with Gasteiger partial charge in [0, 0.05) is 10.4 Å². The molecule has 0 aliphatic carbocycles. The number of anilines is 1. The number of hydrogen-bond acceptors (Lipinski definition) is 5. The smallest absolute Gasteiger partial charge is 0.253 e. The normalized spacial score (nSPS) is 12.4. The lowest BCUT2D eigenvalue weighted by Gasteiger charge is -2.12. The highest BCUT2D eigenvalue weighted by atomic mass is 35.5. The van der Waals surface area contributed by atoms with E-state index in [-0.39, 0.29) is 15.4 Å². The molecule has 0 saturated heterocycles. The maximum absolute atomic E-state index is 12.2. The van der Waals surface area contributed by atoms with E-state index in [0.29, 0.717) is 5.02 Å². The van der Waals surface area contributed by atoms with Crippen molar-refractivity contribution in [1.82, 2.24) is 10.2 Å². The van der Waals surface area contributed by atoms with Crippen molar-refractivity contribution in [2.24, 2.45) is 0 Å². The Bertz CT molecular complexity index is 703. The van der Waals surface area contributed by atoms with E-state index in [4.69, 9.17) is 11.6 Å². The molecule has 0 saturated carbocycles. The van der Waals surface area contributed by atoms with Crippen molar-refractivity contribution in [1.29, 1.82) is 0 Å². The quantitative estimate of drug-likeness (QED) is 0.936. The van der Waals surface area contributed by atoms with Gasteiger partial charge >= 0.3 is 0 Å². The molecule has 0 radical (unpaired) electrons. The van der Waals surface area contributed by atoms with Crippen molar-refractivity contribution < 1.29 is 8.42 Å². The Morgan fingerprint density at radius 3 is 2.25 bits per heavy atom. The zero-order valence-corrected chi connectivity index (χ0v) is 13.6. The highest BCUT2D eigenvalue weighted by molar-refractivity contribution is 7.93. The second kappa shape index (κ2) is 5.31. The van der Waals surface area contributed by atoms with Crippen LogP contribution in [0.25, 0.3) is 0 Å². The standard InChI is InChI=1S/C12H14ClN3O2S2/c1-12(2,3)10-14-15-11(19-10)16-20(17,18)9-6-4-8(13)5-7-9/h4-7H,1-3H3,(H,15,16). The second-order valence-electron chi connectivity index (χ2n) is 5.22. The van der Waals surface area contributed by atoms with Crippen LogP contribution in [0.4, 0.5) is 5.13 Å². The Morgan fingerprint density at radius 2 is 1.75 bits per heavy atom. The Morgan fingerprint density at radius 1 is 1.15 bits per heavy atom. The minimum Gasteiger partial charge on any atom is -0.253 e. The third-order valence-corrected chi connectivity index (χ3v) is 5.41. The molecule has 2 rings (SSSR count). The van der Waals surface area contributed by atoms with E-state index < -0.39 is 10.0 Å². The van der Waals surface area contributed by atoms with Crippen molar-refractivity contribution in [2.75, 3.05) is 4.72 Å². The molecule has 20 heavy (non-hydrogen) atoms. The molecule has 0 amide bonds. The van der Waals surface area contributed by atoms with Gasteiger partial charge in [-0.05, 0) is 24.3 Å². The number of nitrogens with one attached hydrogen (secondary N) is 1. The highest BCUT2D eigenvalue weighted by Gasteiger charge is 2.22. The van der Waals surface area contributed by atoms with Crippen LogP contribution in [0.1, 0.15) is 25.8 Å². The predicted molar refractivity (Wildman–Crippen MR) is 80.9 cm³/mol. The molecular weight excluding hydrogens is 318 g/mol. The molecule has 0 spiro atoms. The first-order chi connectivity index (χ1) is 9.18. The summed E-state index contributed by atoms with van der Waals surface area (Å²) in [6, 6.07) is 5.93. The molecule has 0 aliphatic rings. The number of hydrogen-bond donors (Lipinski definition) is 1. The Labute approximate surface area is 127 Å². The number of benzene rings is 1. The Kier molecular flexibility index (Phi) is 4.04. The molecule has 1 aromatic carbocycles. The molecule has 1 aromatic heterocycles. The lowest BCUT2D eigenvalue weighted by Crippen LogP contribution is -2.12. The summed E-state index contributed by atoms with van der Waals surface area (Å²) in [5.41, 5.74) is -0.165. The molecule has 2 aromatic rings. The number of nitrogens with zero attached hydrogens (tertiary/aromatic N) is 2. The van der Waals surface area contributed by atoms with Crippen LogP contribution in [0.2, 0.25) is 5.02 Å². The zero-order valence-electron chi connectivity index (χ0n) is 11.2. The number of rotatable bonds is 3. The van der Waals surface area contributed by atoms with Gasteiger partial charge in [0.05, 0.1) is 4.90 Å². The second-order valence-corrected chi connectivity index (χ2v) is 8.32. The summed E-state index contributed by atoms with van der Waals surface area (Å²) in [5, 5.41) is 9.37. The van der Waals surface area contributed by atoms with Gasteiger partial charge in [-0.1, -0.05) is 43.7 Å². The van der Waals surface area contributed by atoms with Crippen LogP contribution in [-0.2, 0) is 15.4 Å². The van der Waals surface area contributed by atoms with Crippen LogP contribution < -0.4 is 4.72 Å². The number of sulfonamides is 1. The van der Waals surface area contributed by atoms with Crippen molar-refractivity contribution in [3.63, 3.8) is 0 Å². The summed E-state index contributed by atoms with van der Waals surface area (Å²) in [6.07, 6.45) is 0. The molecule has 0 bridgehead atoms. The van der Waals surface area contributed by atoms with E-state index in [0.717, 1.165) is 5.01 Å². The van der Waals surface area contributed by atoms with Crippen LogP contribution in [0.5, 0.6) is 0 Å². The van der Waals surface area contributed by atoms with Gasteiger partial charge in [0.1, 0.15) is 5.01 Å². The first-order valence-corrected chi connectivity index (χ1v) is 8.49. The van der Waals surface area contributed by atoms with Gasteiger partial charge in [0.25, 0.3) is 10.0 Å². The molecule has 1 N–H and O–H groups in total. The zero-order chi connectivity index (χ0) is 15.0. The predicted octanol–water partition coefficient (Wildman–Crippen LogP) is 3.29. The number of aromatic nitrogens is 2. The van der Waals surface area contributed by atoms with E-state index in [9.17, 15) is 8.42 Å². The molecule has 0 aliphatic heterocycles. The Balaban J connectivity index is 2.25. The lowest BCUT2D eigenvalue weighted by molar-refractivity contribution is 0.578. The van der Waals surface area contributed by atoms with E-state index in [1.807, 2.05) is 20.8 Å². The largest absolute Gasteiger partial charge is 0.263 e. The minimum absolute atomic E-state index is 0.134. The van der Waals surface area contributed by atoms with Gasteiger partial charge < -0.3 is 0 Å². The van der Waals surface area contributed by atoms with Crippen molar-refractivity contribution in [3.8, 4) is 0 Å². The first kappa shape index (κ1) is 15.2. The van der Waals surface area contributed by atoms with Crippen molar-refractivity contribution in [3.05, 3.63) is 34.3 Å². The summed E-state index contributed by atoms with van der Waals surface area (Å²) >= 11 is 6.97. The Hall–Kier alpha value is -1.18. The molecule has 8 heteroatoms. The van der Waals surface area contributed by atoms with Gasteiger partial charge in [-0.2, -0.15) is 0 Å². The van der Waals surface area contributed by atoms with Gasteiger partial charge in [0.15, 0.2) is 0 Å². The molecule has 0 atom stereocenters. The van der Waals surface area contributed by atoms with E-state index in [1.54, 1.807) is 0 Å². The highest BCUT2D eigenvalue weighted by Crippen LogP contribution is 2.29. The average Bonchev–Trinajstić information content (AvgIpc) is 2.77. The van der Waals surface area contributed by atoms with Crippen LogP contribution in [0.3, 0.4) is 0 Å². The van der Waals surface area contributed by atoms with Gasteiger partial charge in [-0.15, -0.1) is 10.2 Å². The van der Waals surface area contributed by atoms with E-state index in [2.05, 4.69) is 14.9 Å². The summed E-state index contributed by atoms with van der Waals surface area (Å²) in [7, 11) is -3.66. The summed E-state index contributed by atoms with van der Waals surface area (Å²) in [6.45, 7) is 5.97. The van der Waals surface area contributed by atoms with Crippen molar-refractivity contribution in [2.45, 2.75) is 31.1 Å². The third kappa shape index (κ3) is 3.47. The fraction of sp³-hybridized carbons (Fsp3) is 0.333. The van der Waals surface area contributed by atoms with Crippen LogP contribution >= 0.6 is 22.9 Å². The fourth-order valence-electron chi connectivity index (χ4n) is 1.36. The summed E-state index contributed by atoms with van der Waals surface area (Å²) < 4.78 is 26.7. The molecular formula is C12H14ClN3O2S2. The van der Waals surface area contributed by atoms with E-state index >= 15 is 0 Å². The molecule has 0 unspecified atom stereocenters. The monoisotopic (exact) mass is 331 g/mol. The SMILES string of the molecule is CC(C)(C)c1nnc(NS(=O)(=O)c2ccc(Cl)cc2)s1. The molecule has 0 fully saturated rings.